The van der Waals surface area contributed by atoms with E-state index in [1.165, 1.54) is 35.6 Å². The van der Waals surface area contributed by atoms with Crippen molar-refractivity contribution in [2.45, 2.75) is 29.2 Å². The Labute approximate surface area is 189 Å². The first-order valence-corrected chi connectivity index (χ1v) is 13.9. The van der Waals surface area contributed by atoms with Gasteiger partial charge in [0.1, 0.15) is 5.82 Å². The number of sulfone groups is 2. The SMILES string of the molecule is C=CCn1c(=NC(=O)CCCS(=O)(=O)c2ccc(F)cc2)sc2cc(S(C)(=O)=O)ccc21. The third-order valence-electron chi connectivity index (χ3n) is 4.59. The second-order valence-electron chi connectivity index (χ2n) is 7.07. The lowest BCUT2D eigenvalue weighted by atomic mass is 10.3. The third-order valence-corrected chi connectivity index (χ3v) is 8.56. The number of amides is 1. The lowest BCUT2D eigenvalue weighted by Crippen LogP contribution is -2.16. The van der Waals surface area contributed by atoms with Crippen LogP contribution in [0.4, 0.5) is 4.39 Å². The average molecular weight is 497 g/mol. The van der Waals surface area contributed by atoms with Gasteiger partial charge in [0, 0.05) is 19.2 Å². The van der Waals surface area contributed by atoms with E-state index < -0.39 is 31.4 Å². The molecule has 0 bridgehead atoms. The van der Waals surface area contributed by atoms with E-state index in [1.54, 1.807) is 16.7 Å². The maximum Gasteiger partial charge on any atom is 0.248 e. The van der Waals surface area contributed by atoms with E-state index in [1.807, 2.05) is 0 Å². The van der Waals surface area contributed by atoms with Crippen molar-refractivity contribution in [3.05, 3.63) is 65.7 Å². The normalized spacial score (nSPS) is 12.9. The van der Waals surface area contributed by atoms with Crippen molar-refractivity contribution < 1.29 is 26.0 Å². The Morgan fingerprint density at radius 1 is 1.12 bits per heavy atom. The molecule has 32 heavy (non-hydrogen) atoms. The lowest BCUT2D eigenvalue weighted by Gasteiger charge is -2.04. The van der Waals surface area contributed by atoms with Gasteiger partial charge < -0.3 is 4.57 Å². The first kappa shape index (κ1) is 24.0. The van der Waals surface area contributed by atoms with Crippen molar-refractivity contribution in [3.8, 4) is 0 Å². The summed E-state index contributed by atoms with van der Waals surface area (Å²) in [5.41, 5.74) is 0.715. The van der Waals surface area contributed by atoms with Crippen LogP contribution in [0.1, 0.15) is 12.8 Å². The number of thiazole rings is 1. The molecular weight excluding hydrogens is 475 g/mol. The van der Waals surface area contributed by atoms with Gasteiger partial charge in [0.2, 0.25) is 5.91 Å². The van der Waals surface area contributed by atoms with E-state index in [-0.39, 0.29) is 28.4 Å². The molecule has 2 aromatic carbocycles. The Bertz CT molecular complexity index is 1450. The summed E-state index contributed by atoms with van der Waals surface area (Å²) in [6.07, 6.45) is 2.73. The summed E-state index contributed by atoms with van der Waals surface area (Å²) in [6, 6.07) is 9.22. The molecule has 3 rings (SSSR count). The average Bonchev–Trinajstić information content (AvgIpc) is 3.04. The molecule has 0 saturated heterocycles. The molecule has 170 valence electrons. The molecule has 0 fully saturated rings. The van der Waals surface area contributed by atoms with Crippen LogP contribution in [0.15, 0.2) is 69.9 Å². The highest BCUT2D eigenvalue weighted by Crippen LogP contribution is 2.22. The minimum Gasteiger partial charge on any atom is -0.313 e. The Hall–Kier alpha value is -2.63. The van der Waals surface area contributed by atoms with E-state index >= 15 is 0 Å². The first-order chi connectivity index (χ1) is 15.0. The molecule has 0 unspecified atom stereocenters. The number of fused-ring (bicyclic) bond motifs is 1. The minimum atomic E-state index is -3.63. The second-order valence-corrected chi connectivity index (χ2v) is 12.2. The predicted octanol–water partition coefficient (Wildman–Crippen LogP) is 3.11. The number of benzene rings is 2. The summed E-state index contributed by atoms with van der Waals surface area (Å²) in [7, 11) is -7.02. The number of carbonyl (C=O) groups is 1. The zero-order valence-corrected chi connectivity index (χ0v) is 19.6. The molecule has 11 heteroatoms. The van der Waals surface area contributed by atoms with Crippen LogP contribution in [0.25, 0.3) is 10.2 Å². The fourth-order valence-electron chi connectivity index (χ4n) is 3.01. The number of halogens is 1. The largest absolute Gasteiger partial charge is 0.313 e. The molecule has 1 aromatic heterocycles. The number of nitrogens with zero attached hydrogens (tertiary/aromatic N) is 2. The first-order valence-electron chi connectivity index (χ1n) is 9.51. The number of hydrogen-bond acceptors (Lipinski definition) is 6. The molecule has 0 N–H and O–H groups in total. The molecule has 0 saturated carbocycles. The molecule has 1 heterocycles. The summed E-state index contributed by atoms with van der Waals surface area (Å²) < 4.78 is 63.7. The van der Waals surface area contributed by atoms with Crippen LogP contribution in [0.5, 0.6) is 0 Å². The minimum absolute atomic E-state index is 0.00157. The summed E-state index contributed by atoms with van der Waals surface area (Å²) in [6.45, 7) is 4.07. The summed E-state index contributed by atoms with van der Waals surface area (Å²) in [4.78, 5) is 17.0. The fraction of sp³-hybridized carbons (Fsp3) is 0.238. The van der Waals surface area contributed by atoms with Gasteiger partial charge in [-0.05, 0) is 48.9 Å². The molecule has 0 aliphatic heterocycles. The van der Waals surface area contributed by atoms with E-state index in [0.717, 1.165) is 18.4 Å². The van der Waals surface area contributed by atoms with E-state index in [9.17, 15) is 26.0 Å². The van der Waals surface area contributed by atoms with Crippen molar-refractivity contribution in [3.63, 3.8) is 0 Å². The van der Waals surface area contributed by atoms with E-state index in [2.05, 4.69) is 11.6 Å². The van der Waals surface area contributed by atoms with Crippen LogP contribution >= 0.6 is 11.3 Å². The maximum atomic E-state index is 13.0. The summed E-state index contributed by atoms with van der Waals surface area (Å²) in [5.74, 6) is -1.29. The molecule has 7 nitrogen and oxygen atoms in total. The molecule has 0 spiro atoms. The topological polar surface area (TPSA) is 103 Å². The van der Waals surface area contributed by atoms with Crippen LogP contribution in [0.3, 0.4) is 0 Å². The number of hydrogen-bond donors (Lipinski definition) is 0. The van der Waals surface area contributed by atoms with Gasteiger partial charge in [0.25, 0.3) is 0 Å². The quantitative estimate of drug-likeness (QED) is 0.352. The highest BCUT2D eigenvalue weighted by Gasteiger charge is 2.16. The molecule has 0 atom stereocenters. The predicted molar refractivity (Wildman–Crippen MR) is 121 cm³/mol. The van der Waals surface area contributed by atoms with E-state index in [4.69, 9.17) is 0 Å². The van der Waals surface area contributed by atoms with Crippen molar-refractivity contribution in [2.24, 2.45) is 4.99 Å². The van der Waals surface area contributed by atoms with Gasteiger partial charge >= 0.3 is 0 Å². The zero-order valence-electron chi connectivity index (χ0n) is 17.2. The monoisotopic (exact) mass is 496 g/mol. The molecule has 0 radical (unpaired) electrons. The molecule has 0 aliphatic rings. The second kappa shape index (κ2) is 9.47. The highest BCUT2D eigenvalue weighted by atomic mass is 32.2. The summed E-state index contributed by atoms with van der Waals surface area (Å²) >= 11 is 1.17. The molecule has 1 amide bonds. The standard InChI is InChI=1S/C21H21FN2O5S3/c1-3-12-24-18-11-10-17(31(2,26)27)14-19(18)30-21(24)23-20(25)5-4-13-32(28,29)16-8-6-15(22)7-9-16/h3,6-11,14H,1,4-5,12-13H2,2H3. The lowest BCUT2D eigenvalue weighted by molar-refractivity contribution is -0.118. The Morgan fingerprint density at radius 2 is 1.78 bits per heavy atom. The maximum absolute atomic E-state index is 13.0. The van der Waals surface area contributed by atoms with Gasteiger partial charge in [0.05, 0.1) is 25.8 Å². The fourth-order valence-corrected chi connectivity index (χ4v) is 6.14. The highest BCUT2D eigenvalue weighted by molar-refractivity contribution is 7.91. The number of aromatic nitrogens is 1. The molecule has 0 aliphatic carbocycles. The van der Waals surface area contributed by atoms with Crippen LogP contribution in [-0.4, -0.2) is 39.3 Å². The van der Waals surface area contributed by atoms with Crippen LogP contribution in [0.2, 0.25) is 0 Å². The van der Waals surface area contributed by atoms with Crippen LogP contribution in [-0.2, 0) is 31.0 Å². The third kappa shape index (κ3) is 5.59. The molecule has 3 aromatic rings. The Balaban J connectivity index is 1.81. The number of carbonyl (C=O) groups excluding carboxylic acids is 1. The smallest absolute Gasteiger partial charge is 0.248 e. The van der Waals surface area contributed by atoms with Gasteiger partial charge in [-0.2, -0.15) is 4.99 Å². The Morgan fingerprint density at radius 3 is 2.41 bits per heavy atom. The Kier molecular flexibility index (Phi) is 7.11. The zero-order chi connectivity index (χ0) is 23.5. The van der Waals surface area contributed by atoms with Crippen molar-refractivity contribution in [1.29, 1.82) is 0 Å². The number of rotatable bonds is 8. The van der Waals surface area contributed by atoms with Gasteiger partial charge in [-0.15, -0.1) is 6.58 Å². The van der Waals surface area contributed by atoms with Gasteiger partial charge in [-0.3, -0.25) is 4.79 Å². The van der Waals surface area contributed by atoms with Crippen molar-refractivity contribution in [2.75, 3.05) is 12.0 Å². The van der Waals surface area contributed by atoms with Gasteiger partial charge in [0.15, 0.2) is 24.5 Å². The van der Waals surface area contributed by atoms with Crippen molar-refractivity contribution >= 4 is 47.1 Å². The molecular formula is C21H21FN2O5S3. The summed E-state index contributed by atoms with van der Waals surface area (Å²) in [5, 5.41) is 0. The van der Waals surface area contributed by atoms with Crippen LogP contribution in [0, 0.1) is 5.82 Å². The number of allylic oxidation sites excluding steroid dienone is 1. The van der Waals surface area contributed by atoms with Gasteiger partial charge in [-0.25, -0.2) is 21.2 Å². The van der Waals surface area contributed by atoms with Gasteiger partial charge in [-0.1, -0.05) is 17.4 Å². The van der Waals surface area contributed by atoms with E-state index in [0.29, 0.717) is 21.6 Å². The van der Waals surface area contributed by atoms with Crippen molar-refractivity contribution in [1.82, 2.24) is 4.57 Å². The van der Waals surface area contributed by atoms with Crippen LogP contribution < -0.4 is 4.80 Å².